The number of aromatic nitrogens is 2. The molecule has 0 unspecified atom stereocenters. The van der Waals surface area contributed by atoms with Crippen LogP contribution in [0, 0.1) is 19.8 Å². The van der Waals surface area contributed by atoms with Gasteiger partial charge in [-0.1, -0.05) is 37.6 Å². The number of anilines is 1. The van der Waals surface area contributed by atoms with E-state index in [1.54, 1.807) is 22.7 Å². The maximum Gasteiger partial charge on any atom is 0.229 e. The van der Waals surface area contributed by atoms with Crippen molar-refractivity contribution in [2.45, 2.75) is 53.0 Å². The number of likely N-dealkylation sites (tertiary alicyclic amines) is 1. The Morgan fingerprint density at radius 2 is 1.90 bits per heavy atom. The number of nitrogens with one attached hydrogen (secondary N) is 1. The number of hydrogen-bond donors (Lipinski definition) is 1. The first kappa shape index (κ1) is 22.1. The van der Waals surface area contributed by atoms with Crippen LogP contribution < -0.4 is 5.32 Å². The highest BCUT2D eigenvalue weighted by Crippen LogP contribution is 2.31. The number of thiazole rings is 2. The van der Waals surface area contributed by atoms with E-state index in [9.17, 15) is 4.79 Å². The standard InChI is InChI=1S/C24H30N4OS2/c1-4-5-18-6-8-19(9-7-18)22-16(2)31-24(26-22)27-23(29)20-10-12-28(13-11-20)14-21-15-30-17(3)25-21/h6-9,15,20H,4-5,10-14H2,1-3H3,(H,26,27,29). The van der Waals surface area contributed by atoms with Crippen molar-refractivity contribution < 1.29 is 4.79 Å². The molecular formula is C24H30N4OS2. The van der Waals surface area contributed by atoms with E-state index in [4.69, 9.17) is 4.98 Å². The largest absolute Gasteiger partial charge is 0.302 e. The van der Waals surface area contributed by atoms with E-state index in [2.05, 4.69) is 58.7 Å². The molecule has 7 heteroatoms. The van der Waals surface area contributed by atoms with Crippen LogP contribution in [0.25, 0.3) is 11.3 Å². The lowest BCUT2D eigenvalue weighted by Crippen LogP contribution is -2.37. The quantitative estimate of drug-likeness (QED) is 0.498. The molecule has 1 fully saturated rings. The number of nitrogens with zero attached hydrogens (tertiary/aromatic N) is 3. The zero-order valence-electron chi connectivity index (χ0n) is 18.5. The molecule has 1 saturated heterocycles. The van der Waals surface area contributed by atoms with Gasteiger partial charge >= 0.3 is 0 Å². The second kappa shape index (κ2) is 10.0. The van der Waals surface area contributed by atoms with E-state index in [0.29, 0.717) is 5.13 Å². The number of carbonyl (C=O) groups is 1. The van der Waals surface area contributed by atoms with Gasteiger partial charge in [-0.2, -0.15) is 0 Å². The number of carbonyl (C=O) groups excluding carboxylic acids is 1. The summed E-state index contributed by atoms with van der Waals surface area (Å²) in [4.78, 5) is 25.6. The summed E-state index contributed by atoms with van der Waals surface area (Å²) >= 11 is 3.26. The van der Waals surface area contributed by atoms with Crippen LogP contribution in [0.1, 0.15) is 47.3 Å². The Morgan fingerprint density at radius 1 is 1.16 bits per heavy atom. The summed E-state index contributed by atoms with van der Waals surface area (Å²) in [5.41, 5.74) is 4.57. The van der Waals surface area contributed by atoms with Crippen molar-refractivity contribution >= 4 is 33.7 Å². The third-order valence-corrected chi connectivity index (χ3v) is 7.51. The van der Waals surface area contributed by atoms with Crippen molar-refractivity contribution in [3.63, 3.8) is 0 Å². The van der Waals surface area contributed by atoms with Crippen LogP contribution in [0.3, 0.4) is 0 Å². The van der Waals surface area contributed by atoms with E-state index < -0.39 is 0 Å². The SMILES string of the molecule is CCCc1ccc(-c2nc(NC(=O)C3CCN(Cc4csc(C)n4)CC3)sc2C)cc1. The predicted octanol–water partition coefficient (Wildman–Crippen LogP) is 5.69. The van der Waals surface area contributed by atoms with Gasteiger partial charge in [0, 0.05) is 28.3 Å². The van der Waals surface area contributed by atoms with Crippen LogP contribution in [-0.4, -0.2) is 33.9 Å². The highest BCUT2D eigenvalue weighted by atomic mass is 32.1. The van der Waals surface area contributed by atoms with E-state index in [0.717, 1.165) is 72.2 Å². The van der Waals surface area contributed by atoms with Gasteiger partial charge in [0.2, 0.25) is 5.91 Å². The number of benzene rings is 1. The van der Waals surface area contributed by atoms with E-state index in [-0.39, 0.29) is 11.8 Å². The van der Waals surface area contributed by atoms with Crippen LogP contribution >= 0.6 is 22.7 Å². The van der Waals surface area contributed by atoms with Crippen LogP contribution in [-0.2, 0) is 17.8 Å². The second-order valence-electron chi connectivity index (χ2n) is 8.27. The monoisotopic (exact) mass is 454 g/mol. The Hall–Kier alpha value is -2.09. The van der Waals surface area contributed by atoms with Crippen molar-refractivity contribution in [3.8, 4) is 11.3 Å². The minimum atomic E-state index is 0.0504. The summed E-state index contributed by atoms with van der Waals surface area (Å²) in [6.07, 6.45) is 4.00. The molecule has 0 bridgehead atoms. The van der Waals surface area contributed by atoms with Gasteiger partial charge in [0.25, 0.3) is 0 Å². The zero-order chi connectivity index (χ0) is 21.8. The Bertz CT molecular complexity index is 1020. The number of amides is 1. The van der Waals surface area contributed by atoms with Crippen LogP contribution in [0.2, 0.25) is 0 Å². The molecule has 1 amide bonds. The fraction of sp³-hybridized carbons (Fsp3) is 0.458. The first-order chi connectivity index (χ1) is 15.0. The van der Waals surface area contributed by atoms with Gasteiger partial charge in [0.1, 0.15) is 0 Å². The molecule has 0 atom stereocenters. The van der Waals surface area contributed by atoms with Gasteiger partial charge in [-0.15, -0.1) is 22.7 Å². The molecular weight excluding hydrogens is 424 g/mol. The molecule has 1 aromatic carbocycles. The van der Waals surface area contributed by atoms with E-state index in [1.165, 1.54) is 5.56 Å². The normalized spacial score (nSPS) is 15.3. The maximum absolute atomic E-state index is 12.8. The Kier molecular flexibility index (Phi) is 7.15. The topological polar surface area (TPSA) is 58.1 Å². The molecule has 1 aliphatic rings. The smallest absolute Gasteiger partial charge is 0.229 e. The second-order valence-corrected chi connectivity index (χ2v) is 10.5. The molecule has 0 saturated carbocycles. The third-order valence-electron chi connectivity index (χ3n) is 5.80. The summed E-state index contributed by atoms with van der Waals surface area (Å²) in [5, 5.41) is 7.03. The molecule has 2 aromatic heterocycles. The average Bonchev–Trinajstić information content (AvgIpc) is 3.34. The molecule has 0 radical (unpaired) electrons. The van der Waals surface area contributed by atoms with Crippen molar-refractivity contribution in [3.05, 3.63) is 50.8 Å². The van der Waals surface area contributed by atoms with Crippen molar-refractivity contribution in [2.75, 3.05) is 18.4 Å². The lowest BCUT2D eigenvalue weighted by atomic mass is 9.96. The molecule has 4 rings (SSSR count). The number of rotatable bonds is 7. The summed E-state index contributed by atoms with van der Waals surface area (Å²) in [7, 11) is 0. The minimum Gasteiger partial charge on any atom is -0.302 e. The lowest BCUT2D eigenvalue weighted by molar-refractivity contribution is -0.121. The van der Waals surface area contributed by atoms with Crippen LogP contribution in [0.4, 0.5) is 5.13 Å². The molecule has 1 aliphatic heterocycles. The molecule has 3 heterocycles. The average molecular weight is 455 g/mol. The fourth-order valence-corrected chi connectivity index (χ4v) is 5.55. The van der Waals surface area contributed by atoms with Crippen LogP contribution in [0.15, 0.2) is 29.6 Å². The van der Waals surface area contributed by atoms with E-state index >= 15 is 0 Å². The highest BCUT2D eigenvalue weighted by molar-refractivity contribution is 7.16. The van der Waals surface area contributed by atoms with Crippen LogP contribution in [0.5, 0.6) is 0 Å². The first-order valence-corrected chi connectivity index (χ1v) is 12.7. The van der Waals surface area contributed by atoms with Gasteiger partial charge in [-0.05, 0) is 51.8 Å². The molecule has 31 heavy (non-hydrogen) atoms. The summed E-state index contributed by atoms with van der Waals surface area (Å²) in [5.74, 6) is 0.150. The zero-order valence-corrected chi connectivity index (χ0v) is 20.1. The number of aryl methyl sites for hydroxylation is 3. The molecule has 0 spiro atoms. The van der Waals surface area contributed by atoms with Crippen molar-refractivity contribution in [1.82, 2.24) is 14.9 Å². The highest BCUT2D eigenvalue weighted by Gasteiger charge is 2.26. The Balaban J connectivity index is 1.32. The fourth-order valence-electron chi connectivity index (χ4n) is 4.11. The molecule has 164 valence electrons. The number of hydrogen-bond acceptors (Lipinski definition) is 6. The predicted molar refractivity (Wildman–Crippen MR) is 130 cm³/mol. The maximum atomic E-state index is 12.8. The first-order valence-electron chi connectivity index (χ1n) is 11.0. The molecule has 1 N–H and O–H groups in total. The molecule has 5 nitrogen and oxygen atoms in total. The van der Waals surface area contributed by atoms with Crippen molar-refractivity contribution in [2.24, 2.45) is 5.92 Å². The van der Waals surface area contributed by atoms with Gasteiger partial charge < -0.3 is 5.32 Å². The molecule has 0 aliphatic carbocycles. The summed E-state index contributed by atoms with van der Waals surface area (Å²) in [6, 6.07) is 8.63. The van der Waals surface area contributed by atoms with Gasteiger partial charge in [0.05, 0.1) is 16.4 Å². The summed E-state index contributed by atoms with van der Waals surface area (Å²) in [6.45, 7) is 9.05. The lowest BCUT2D eigenvalue weighted by Gasteiger charge is -2.30. The minimum absolute atomic E-state index is 0.0504. The van der Waals surface area contributed by atoms with E-state index in [1.807, 2.05) is 6.92 Å². The Morgan fingerprint density at radius 3 is 2.55 bits per heavy atom. The Labute approximate surface area is 192 Å². The van der Waals surface area contributed by atoms with Crippen molar-refractivity contribution in [1.29, 1.82) is 0 Å². The third kappa shape index (κ3) is 5.59. The van der Waals surface area contributed by atoms with Gasteiger partial charge in [-0.25, -0.2) is 9.97 Å². The van der Waals surface area contributed by atoms with Gasteiger partial charge in [0.15, 0.2) is 5.13 Å². The number of piperidine rings is 1. The summed E-state index contributed by atoms with van der Waals surface area (Å²) < 4.78 is 0. The van der Waals surface area contributed by atoms with Gasteiger partial charge in [-0.3, -0.25) is 9.69 Å². The molecule has 3 aromatic rings.